The van der Waals surface area contributed by atoms with Gasteiger partial charge < -0.3 is 14.6 Å². The number of nitrogens with zero attached hydrogens (tertiary/aromatic N) is 3. The van der Waals surface area contributed by atoms with Crippen molar-refractivity contribution in [1.82, 2.24) is 19.9 Å². The maximum absolute atomic E-state index is 5.88. The van der Waals surface area contributed by atoms with Gasteiger partial charge >= 0.3 is 0 Å². The first-order valence-electron chi connectivity index (χ1n) is 9.71. The van der Waals surface area contributed by atoms with Gasteiger partial charge in [-0.25, -0.2) is 4.98 Å². The molecule has 0 spiro atoms. The third-order valence-electron chi connectivity index (χ3n) is 4.82. The fraction of sp³-hybridized carbons (Fsp3) is 0.167. The molecule has 0 aliphatic heterocycles. The molecule has 0 aliphatic carbocycles. The molecule has 4 aromatic rings. The van der Waals surface area contributed by atoms with Crippen molar-refractivity contribution in [2.75, 3.05) is 0 Å². The summed E-state index contributed by atoms with van der Waals surface area (Å²) in [4.78, 5) is 8.38. The van der Waals surface area contributed by atoms with E-state index in [4.69, 9.17) is 4.74 Å². The second-order valence-electron chi connectivity index (χ2n) is 6.92. The number of ether oxygens (including phenoxy) is 1. The highest BCUT2D eigenvalue weighted by atomic mass is 16.5. The summed E-state index contributed by atoms with van der Waals surface area (Å²) >= 11 is 0. The number of pyridine rings is 1. The third-order valence-corrected chi connectivity index (χ3v) is 4.82. The zero-order chi connectivity index (χ0) is 19.9. The molecule has 5 heteroatoms. The predicted octanol–water partition coefficient (Wildman–Crippen LogP) is 4.70. The summed E-state index contributed by atoms with van der Waals surface area (Å²) < 4.78 is 7.87. The minimum absolute atomic E-state index is 0.241. The van der Waals surface area contributed by atoms with E-state index < -0.39 is 0 Å². The molecule has 2 aromatic heterocycles. The van der Waals surface area contributed by atoms with Gasteiger partial charge in [0.1, 0.15) is 12.4 Å². The Bertz CT molecular complexity index is 1010. The molecular weight excluding hydrogens is 360 g/mol. The molecule has 1 atom stereocenters. The van der Waals surface area contributed by atoms with Crippen LogP contribution in [0.1, 0.15) is 29.8 Å². The molecule has 1 N–H and O–H groups in total. The van der Waals surface area contributed by atoms with Gasteiger partial charge in [-0.15, -0.1) is 0 Å². The number of imidazole rings is 1. The first-order valence-corrected chi connectivity index (χ1v) is 9.71. The lowest BCUT2D eigenvalue weighted by molar-refractivity contribution is 0.301. The molecule has 2 heterocycles. The summed E-state index contributed by atoms with van der Waals surface area (Å²) in [7, 11) is 0. The molecule has 29 heavy (non-hydrogen) atoms. The average Bonchev–Trinajstić information content (AvgIpc) is 3.32. The molecule has 0 aliphatic rings. The predicted molar refractivity (Wildman–Crippen MR) is 114 cm³/mol. The summed E-state index contributed by atoms with van der Waals surface area (Å²) in [6, 6.07) is 22.8. The Labute approximate surface area is 171 Å². The maximum atomic E-state index is 5.88. The molecule has 146 valence electrons. The van der Waals surface area contributed by atoms with Crippen molar-refractivity contribution in [3.63, 3.8) is 0 Å². The summed E-state index contributed by atoms with van der Waals surface area (Å²) in [5.74, 6) is 0.854. The number of benzene rings is 2. The summed E-state index contributed by atoms with van der Waals surface area (Å²) in [5.41, 5.74) is 4.46. The average molecular weight is 384 g/mol. The second-order valence-corrected chi connectivity index (χ2v) is 6.92. The number of hydrogen-bond acceptors (Lipinski definition) is 4. The van der Waals surface area contributed by atoms with Gasteiger partial charge in [-0.1, -0.05) is 30.3 Å². The van der Waals surface area contributed by atoms with Gasteiger partial charge in [0, 0.05) is 36.9 Å². The maximum Gasteiger partial charge on any atom is 0.130 e. The number of aromatic nitrogens is 3. The lowest BCUT2D eigenvalue weighted by Crippen LogP contribution is -2.18. The van der Waals surface area contributed by atoms with Crippen LogP contribution in [-0.4, -0.2) is 14.5 Å². The van der Waals surface area contributed by atoms with Crippen LogP contribution in [0.15, 0.2) is 91.6 Å². The van der Waals surface area contributed by atoms with Crippen LogP contribution < -0.4 is 10.1 Å². The second kappa shape index (κ2) is 9.17. The van der Waals surface area contributed by atoms with Crippen molar-refractivity contribution in [2.24, 2.45) is 0 Å². The van der Waals surface area contributed by atoms with Gasteiger partial charge in [0.2, 0.25) is 0 Å². The molecular formula is C24H24N4O. The number of hydrogen-bond donors (Lipinski definition) is 1. The van der Waals surface area contributed by atoms with E-state index in [0.717, 1.165) is 23.7 Å². The van der Waals surface area contributed by atoms with Crippen molar-refractivity contribution in [1.29, 1.82) is 0 Å². The van der Waals surface area contributed by atoms with Gasteiger partial charge in [-0.05, 0) is 54.4 Å². The summed E-state index contributed by atoms with van der Waals surface area (Å²) in [6.07, 6.45) is 7.31. The third kappa shape index (κ3) is 5.09. The zero-order valence-corrected chi connectivity index (χ0v) is 16.4. The Morgan fingerprint density at radius 3 is 2.66 bits per heavy atom. The van der Waals surface area contributed by atoms with E-state index in [1.165, 1.54) is 11.1 Å². The Kier molecular flexibility index (Phi) is 5.98. The molecule has 0 saturated carbocycles. The summed E-state index contributed by atoms with van der Waals surface area (Å²) in [5, 5.41) is 3.58. The molecule has 0 amide bonds. The molecule has 2 aromatic carbocycles. The van der Waals surface area contributed by atoms with Crippen LogP contribution in [-0.2, 0) is 13.2 Å². The van der Waals surface area contributed by atoms with E-state index >= 15 is 0 Å². The van der Waals surface area contributed by atoms with Crippen molar-refractivity contribution in [3.05, 3.63) is 108 Å². The van der Waals surface area contributed by atoms with Crippen molar-refractivity contribution < 1.29 is 4.74 Å². The van der Waals surface area contributed by atoms with Crippen LogP contribution in [0.3, 0.4) is 0 Å². The smallest absolute Gasteiger partial charge is 0.130 e. The van der Waals surface area contributed by atoms with Crippen LogP contribution in [0.25, 0.3) is 5.69 Å². The highest BCUT2D eigenvalue weighted by Crippen LogP contribution is 2.18. The minimum Gasteiger partial charge on any atom is -0.487 e. The van der Waals surface area contributed by atoms with Crippen LogP contribution in [0, 0.1) is 0 Å². The van der Waals surface area contributed by atoms with E-state index in [1.54, 1.807) is 18.7 Å². The standard InChI is InChI=1S/C24H24N4O/c1-19(21-8-10-23(11-9-21)28-14-13-25-18-28)27-16-20-5-4-7-24(15-20)29-17-22-6-2-3-12-26-22/h2-15,18-19,27H,16-17H2,1H3. The van der Waals surface area contributed by atoms with E-state index in [9.17, 15) is 0 Å². The zero-order valence-electron chi connectivity index (χ0n) is 16.4. The molecule has 0 bridgehead atoms. The van der Waals surface area contributed by atoms with E-state index in [2.05, 4.69) is 58.6 Å². The van der Waals surface area contributed by atoms with Gasteiger partial charge in [-0.3, -0.25) is 4.98 Å². The normalized spacial score (nSPS) is 11.9. The van der Waals surface area contributed by atoms with Gasteiger partial charge in [0.15, 0.2) is 0 Å². The first-order chi connectivity index (χ1) is 14.3. The lowest BCUT2D eigenvalue weighted by atomic mass is 10.1. The van der Waals surface area contributed by atoms with E-state index in [-0.39, 0.29) is 6.04 Å². The van der Waals surface area contributed by atoms with Gasteiger partial charge in [-0.2, -0.15) is 0 Å². The highest BCUT2D eigenvalue weighted by molar-refractivity contribution is 5.35. The monoisotopic (exact) mass is 384 g/mol. The van der Waals surface area contributed by atoms with Crippen molar-refractivity contribution >= 4 is 0 Å². The van der Waals surface area contributed by atoms with E-state index in [0.29, 0.717) is 6.61 Å². The Morgan fingerprint density at radius 2 is 1.90 bits per heavy atom. The Balaban J connectivity index is 1.32. The molecule has 0 fully saturated rings. The molecule has 4 rings (SSSR count). The quantitative estimate of drug-likeness (QED) is 0.479. The number of nitrogens with one attached hydrogen (secondary N) is 1. The Hall–Kier alpha value is -3.44. The van der Waals surface area contributed by atoms with E-state index in [1.807, 2.05) is 41.1 Å². The first kappa shape index (κ1) is 18.9. The summed E-state index contributed by atoms with van der Waals surface area (Å²) in [6.45, 7) is 3.41. The van der Waals surface area contributed by atoms with Crippen molar-refractivity contribution in [2.45, 2.75) is 26.1 Å². The Morgan fingerprint density at radius 1 is 1.00 bits per heavy atom. The fourth-order valence-corrected chi connectivity index (χ4v) is 3.12. The van der Waals surface area contributed by atoms with Crippen LogP contribution in [0.5, 0.6) is 5.75 Å². The fourth-order valence-electron chi connectivity index (χ4n) is 3.12. The van der Waals surface area contributed by atoms with Crippen LogP contribution in [0.4, 0.5) is 0 Å². The molecule has 5 nitrogen and oxygen atoms in total. The van der Waals surface area contributed by atoms with Gasteiger partial charge in [0.05, 0.1) is 12.0 Å². The SMILES string of the molecule is CC(NCc1cccc(OCc2ccccn2)c1)c1ccc(-n2ccnc2)cc1. The highest BCUT2D eigenvalue weighted by Gasteiger charge is 2.06. The molecule has 0 saturated heterocycles. The molecule has 0 radical (unpaired) electrons. The van der Waals surface area contributed by atoms with Crippen LogP contribution >= 0.6 is 0 Å². The number of rotatable bonds is 8. The van der Waals surface area contributed by atoms with Crippen molar-refractivity contribution in [3.8, 4) is 11.4 Å². The minimum atomic E-state index is 0.241. The molecule has 1 unspecified atom stereocenters. The largest absolute Gasteiger partial charge is 0.487 e. The van der Waals surface area contributed by atoms with Gasteiger partial charge in [0.25, 0.3) is 0 Å². The topological polar surface area (TPSA) is 52.0 Å². The lowest BCUT2D eigenvalue weighted by Gasteiger charge is -2.15. The van der Waals surface area contributed by atoms with Crippen LogP contribution in [0.2, 0.25) is 0 Å².